The Labute approximate surface area is 150 Å². The lowest BCUT2D eigenvalue weighted by Crippen LogP contribution is -2.13. The lowest BCUT2D eigenvalue weighted by Gasteiger charge is -2.15. The van der Waals surface area contributed by atoms with Gasteiger partial charge in [-0.05, 0) is 18.6 Å². The first-order chi connectivity index (χ1) is 12.5. The molecular weight excluding hydrogens is 347 g/mol. The minimum atomic E-state index is -4.58. The number of para-hydroxylation sites is 2. The maximum absolute atomic E-state index is 13.2. The van der Waals surface area contributed by atoms with Crippen LogP contribution in [0, 0.1) is 0 Å². The van der Waals surface area contributed by atoms with E-state index in [4.69, 9.17) is 9.47 Å². The van der Waals surface area contributed by atoms with Gasteiger partial charge in [0.1, 0.15) is 11.3 Å². The van der Waals surface area contributed by atoms with Crippen molar-refractivity contribution in [1.82, 2.24) is 9.97 Å². The Morgan fingerprint density at radius 1 is 1.12 bits per heavy atom. The molecule has 1 aromatic heterocycles. The van der Waals surface area contributed by atoms with Gasteiger partial charge in [-0.25, -0.2) is 4.98 Å². The quantitative estimate of drug-likeness (QED) is 0.615. The first-order valence-electron chi connectivity index (χ1n) is 8.42. The van der Waals surface area contributed by atoms with Gasteiger partial charge in [0.15, 0.2) is 0 Å². The zero-order valence-corrected chi connectivity index (χ0v) is 14.8. The highest BCUT2D eigenvalue weighted by atomic mass is 19.4. The van der Waals surface area contributed by atoms with Crippen LogP contribution in [0.2, 0.25) is 0 Å². The van der Waals surface area contributed by atoms with Crippen LogP contribution in [0.3, 0.4) is 0 Å². The summed E-state index contributed by atoms with van der Waals surface area (Å²) in [6, 6.07) is 6.98. The molecule has 8 heteroatoms. The molecule has 1 heterocycles. The van der Waals surface area contributed by atoms with Crippen LogP contribution in [0.4, 0.5) is 24.8 Å². The first-order valence-corrected chi connectivity index (χ1v) is 8.42. The smallest absolute Gasteiger partial charge is 0.423 e. The number of halogens is 3. The number of hydrogen-bond acceptors (Lipinski definition) is 5. The van der Waals surface area contributed by atoms with Crippen molar-refractivity contribution in [2.45, 2.75) is 38.8 Å². The number of methoxy groups -OCH3 is 1. The van der Waals surface area contributed by atoms with Gasteiger partial charge in [0, 0.05) is 6.20 Å². The Morgan fingerprint density at radius 3 is 2.58 bits per heavy atom. The van der Waals surface area contributed by atoms with E-state index in [1.807, 2.05) is 0 Å². The number of nitrogens with one attached hydrogen (secondary N) is 1. The molecule has 0 fully saturated rings. The molecule has 0 aliphatic heterocycles. The van der Waals surface area contributed by atoms with Crippen LogP contribution >= 0.6 is 0 Å². The van der Waals surface area contributed by atoms with E-state index in [1.165, 1.54) is 7.11 Å². The van der Waals surface area contributed by atoms with Crippen LogP contribution in [0.5, 0.6) is 11.6 Å². The van der Waals surface area contributed by atoms with E-state index in [9.17, 15) is 13.2 Å². The predicted octanol–water partition coefficient (Wildman–Crippen LogP) is 5.21. The predicted molar refractivity (Wildman–Crippen MR) is 92.9 cm³/mol. The monoisotopic (exact) mass is 369 g/mol. The summed E-state index contributed by atoms with van der Waals surface area (Å²) in [6.45, 7) is 2.23. The second-order valence-electron chi connectivity index (χ2n) is 5.64. The minimum Gasteiger partial charge on any atom is -0.495 e. The lowest BCUT2D eigenvalue weighted by molar-refractivity contribution is -0.139. The molecule has 0 atom stereocenters. The lowest BCUT2D eigenvalue weighted by atomic mass is 10.2. The molecule has 2 rings (SSSR count). The molecule has 0 spiro atoms. The van der Waals surface area contributed by atoms with Crippen molar-refractivity contribution >= 4 is 11.6 Å². The zero-order valence-electron chi connectivity index (χ0n) is 14.8. The molecule has 1 aromatic carbocycles. The molecule has 0 saturated heterocycles. The number of aromatic nitrogens is 2. The number of anilines is 2. The summed E-state index contributed by atoms with van der Waals surface area (Å²) in [5.41, 5.74) is -0.442. The number of nitrogens with zero attached hydrogens (tertiary/aromatic N) is 2. The summed E-state index contributed by atoms with van der Waals surface area (Å²) in [5.74, 6) is 0.0606. The first kappa shape index (κ1) is 19.8. The molecule has 142 valence electrons. The largest absolute Gasteiger partial charge is 0.495 e. The van der Waals surface area contributed by atoms with Gasteiger partial charge in [-0.15, -0.1) is 0 Å². The molecule has 0 bridgehead atoms. The fourth-order valence-electron chi connectivity index (χ4n) is 2.30. The van der Waals surface area contributed by atoms with Gasteiger partial charge in [0.25, 0.3) is 0 Å². The normalized spacial score (nSPS) is 11.3. The standard InChI is InChI=1S/C18H22F3N3O2/c1-3-4-5-8-11-26-16-13(18(19,20)21)12-22-17(24-16)23-14-9-6-7-10-15(14)25-2/h6-7,9-10,12H,3-5,8,11H2,1-2H3,(H,22,23,24). The molecule has 1 N–H and O–H groups in total. The summed E-state index contributed by atoms with van der Waals surface area (Å²) >= 11 is 0. The van der Waals surface area contributed by atoms with Crippen LogP contribution in [0.1, 0.15) is 38.2 Å². The Balaban J connectivity index is 2.19. The van der Waals surface area contributed by atoms with Crippen molar-refractivity contribution in [3.63, 3.8) is 0 Å². The van der Waals surface area contributed by atoms with Crippen molar-refractivity contribution in [1.29, 1.82) is 0 Å². The van der Waals surface area contributed by atoms with E-state index < -0.39 is 17.6 Å². The van der Waals surface area contributed by atoms with Gasteiger partial charge in [0.05, 0.1) is 19.4 Å². The number of unbranched alkanes of at least 4 members (excludes halogenated alkanes) is 3. The molecule has 26 heavy (non-hydrogen) atoms. The summed E-state index contributed by atoms with van der Waals surface area (Å²) in [7, 11) is 1.50. The van der Waals surface area contributed by atoms with Crippen LogP contribution in [-0.2, 0) is 6.18 Å². The third-order valence-electron chi connectivity index (χ3n) is 3.65. The average Bonchev–Trinajstić information content (AvgIpc) is 2.61. The molecule has 0 saturated carbocycles. The topological polar surface area (TPSA) is 56.3 Å². The van der Waals surface area contributed by atoms with E-state index in [0.29, 0.717) is 17.9 Å². The third-order valence-corrected chi connectivity index (χ3v) is 3.65. The molecule has 5 nitrogen and oxygen atoms in total. The molecule has 0 aliphatic carbocycles. The molecule has 0 aliphatic rings. The molecule has 0 radical (unpaired) electrons. The van der Waals surface area contributed by atoms with Crippen LogP contribution in [-0.4, -0.2) is 23.7 Å². The van der Waals surface area contributed by atoms with Crippen molar-refractivity contribution in [2.24, 2.45) is 0 Å². The van der Waals surface area contributed by atoms with Crippen molar-refractivity contribution < 1.29 is 22.6 Å². The van der Waals surface area contributed by atoms with Gasteiger partial charge in [-0.3, -0.25) is 0 Å². The van der Waals surface area contributed by atoms with Crippen molar-refractivity contribution in [3.8, 4) is 11.6 Å². The van der Waals surface area contributed by atoms with E-state index in [0.717, 1.165) is 25.5 Å². The average molecular weight is 369 g/mol. The maximum atomic E-state index is 13.2. The summed E-state index contributed by atoms with van der Waals surface area (Å²) in [4.78, 5) is 7.66. The highest BCUT2D eigenvalue weighted by molar-refractivity contribution is 5.62. The molecule has 0 amide bonds. The van der Waals surface area contributed by atoms with Gasteiger partial charge < -0.3 is 14.8 Å². The highest BCUT2D eigenvalue weighted by Gasteiger charge is 2.36. The van der Waals surface area contributed by atoms with Crippen molar-refractivity contribution in [2.75, 3.05) is 19.0 Å². The highest BCUT2D eigenvalue weighted by Crippen LogP contribution is 2.36. The summed E-state index contributed by atoms with van der Waals surface area (Å²) < 4.78 is 50.0. The fraction of sp³-hybridized carbons (Fsp3) is 0.444. The van der Waals surface area contributed by atoms with Gasteiger partial charge in [0.2, 0.25) is 11.8 Å². The van der Waals surface area contributed by atoms with Gasteiger partial charge in [-0.1, -0.05) is 38.3 Å². The minimum absolute atomic E-state index is 0.00561. The zero-order chi connectivity index (χ0) is 19.0. The summed E-state index contributed by atoms with van der Waals surface area (Å²) in [5, 5.41) is 2.86. The number of rotatable bonds is 9. The Bertz CT molecular complexity index is 708. The number of hydrogen-bond donors (Lipinski definition) is 1. The van der Waals surface area contributed by atoms with Gasteiger partial charge >= 0.3 is 6.18 Å². The van der Waals surface area contributed by atoms with Crippen molar-refractivity contribution in [3.05, 3.63) is 36.0 Å². The van der Waals surface area contributed by atoms with E-state index in [-0.39, 0.29) is 12.6 Å². The second-order valence-corrected chi connectivity index (χ2v) is 5.64. The van der Waals surface area contributed by atoms with Gasteiger partial charge in [-0.2, -0.15) is 18.2 Å². The van der Waals surface area contributed by atoms with Crippen LogP contribution in [0.25, 0.3) is 0 Å². The fourth-order valence-corrected chi connectivity index (χ4v) is 2.30. The van der Waals surface area contributed by atoms with Crippen LogP contribution in [0.15, 0.2) is 30.5 Å². The van der Waals surface area contributed by atoms with Crippen LogP contribution < -0.4 is 14.8 Å². The number of benzene rings is 1. The van der Waals surface area contributed by atoms with E-state index in [1.54, 1.807) is 24.3 Å². The molecular formula is C18H22F3N3O2. The number of alkyl halides is 3. The second kappa shape index (κ2) is 9.26. The molecule has 0 unspecified atom stereocenters. The maximum Gasteiger partial charge on any atom is 0.423 e. The Morgan fingerprint density at radius 2 is 1.88 bits per heavy atom. The van der Waals surface area contributed by atoms with E-state index >= 15 is 0 Å². The third kappa shape index (κ3) is 5.50. The number of ether oxygens (including phenoxy) is 2. The SMILES string of the molecule is CCCCCCOc1nc(Nc2ccccc2OC)ncc1C(F)(F)F. The Kier molecular flexibility index (Phi) is 7.06. The van der Waals surface area contributed by atoms with E-state index in [2.05, 4.69) is 22.2 Å². The summed E-state index contributed by atoms with van der Waals surface area (Å²) in [6.07, 6.45) is -0.234. The Hall–Kier alpha value is -2.51. The molecule has 2 aromatic rings.